The summed E-state index contributed by atoms with van der Waals surface area (Å²) < 4.78 is 5.72. The van der Waals surface area contributed by atoms with E-state index in [4.69, 9.17) is 4.74 Å². The molecule has 1 N–H and O–H groups in total. The van der Waals surface area contributed by atoms with Crippen molar-refractivity contribution in [1.82, 2.24) is 0 Å². The maximum absolute atomic E-state index is 12.7. The molecule has 0 spiro atoms. The first-order valence-electron chi connectivity index (χ1n) is 7.98. The van der Waals surface area contributed by atoms with Crippen molar-refractivity contribution in [2.75, 3.05) is 0 Å². The first kappa shape index (κ1) is 17.1. The molecule has 0 bridgehead atoms. The molecule has 0 saturated heterocycles. The highest BCUT2D eigenvalue weighted by Crippen LogP contribution is 2.40. The van der Waals surface area contributed by atoms with Crippen LogP contribution in [-0.2, 0) is 9.53 Å². The fourth-order valence-corrected chi connectivity index (χ4v) is 3.28. The number of esters is 1. The van der Waals surface area contributed by atoms with E-state index in [1.807, 2.05) is 37.3 Å². The minimum atomic E-state index is -0.865. The van der Waals surface area contributed by atoms with Crippen LogP contribution < -0.4 is 0 Å². The first-order valence-corrected chi connectivity index (χ1v) is 7.98. The molecule has 1 heterocycles. The number of aliphatic hydroxyl groups excluding tert-OH is 1. The third-order valence-electron chi connectivity index (χ3n) is 4.34. The zero-order chi connectivity index (χ0) is 16.9. The third-order valence-corrected chi connectivity index (χ3v) is 4.34. The third kappa shape index (κ3) is 3.55. The van der Waals surface area contributed by atoms with Crippen molar-refractivity contribution in [3.05, 3.63) is 73.0 Å². The van der Waals surface area contributed by atoms with Crippen LogP contribution in [0.4, 0.5) is 0 Å². The number of hydrogen-bond acceptors (Lipinski definition) is 3. The predicted molar refractivity (Wildman–Crippen MR) is 92.1 cm³/mol. The van der Waals surface area contributed by atoms with Gasteiger partial charge in [0.05, 0.1) is 0 Å². The molecular weight excluding hydrogens is 288 g/mol. The van der Waals surface area contributed by atoms with Crippen molar-refractivity contribution >= 4 is 5.97 Å². The molecule has 1 aromatic rings. The zero-order valence-corrected chi connectivity index (χ0v) is 13.6. The quantitative estimate of drug-likeness (QED) is 0.587. The van der Waals surface area contributed by atoms with Crippen molar-refractivity contribution in [2.45, 2.75) is 37.7 Å². The molecule has 0 fully saturated rings. The van der Waals surface area contributed by atoms with E-state index in [1.54, 1.807) is 18.2 Å². The SMILES string of the molecule is C=CCC1(CC=C)C=C(O)C(C(CC)c2ccccc2)C(=O)O1. The van der Waals surface area contributed by atoms with Gasteiger partial charge < -0.3 is 9.84 Å². The molecule has 2 unspecified atom stereocenters. The van der Waals surface area contributed by atoms with E-state index in [0.717, 1.165) is 12.0 Å². The van der Waals surface area contributed by atoms with Crippen LogP contribution in [0.15, 0.2) is 67.5 Å². The van der Waals surface area contributed by atoms with Crippen LogP contribution in [0.3, 0.4) is 0 Å². The standard InChI is InChI=1S/C20H24O3/c1-4-12-20(13-5-2)14-17(21)18(19(22)23-20)16(6-3)15-10-8-7-9-11-15/h4-5,7-11,14,16,18,21H,1-2,6,12-13H2,3H3. The molecule has 2 atom stereocenters. The Kier molecular flexibility index (Phi) is 5.43. The Morgan fingerprint density at radius 2 is 1.87 bits per heavy atom. The molecule has 1 aliphatic rings. The number of carbonyl (C=O) groups excluding carboxylic acids is 1. The van der Waals surface area contributed by atoms with Gasteiger partial charge in [0.15, 0.2) is 0 Å². The number of ether oxygens (including phenoxy) is 1. The minimum Gasteiger partial charge on any atom is -0.512 e. The molecule has 23 heavy (non-hydrogen) atoms. The van der Waals surface area contributed by atoms with E-state index >= 15 is 0 Å². The molecule has 0 amide bonds. The number of aliphatic hydroxyl groups is 1. The molecule has 3 heteroatoms. The van der Waals surface area contributed by atoms with Crippen LogP contribution in [0.5, 0.6) is 0 Å². The van der Waals surface area contributed by atoms with Gasteiger partial charge in [-0.1, -0.05) is 49.4 Å². The molecule has 0 radical (unpaired) electrons. The Balaban J connectivity index is 2.39. The number of hydrogen-bond donors (Lipinski definition) is 1. The Morgan fingerprint density at radius 1 is 1.26 bits per heavy atom. The Morgan fingerprint density at radius 3 is 2.35 bits per heavy atom. The number of cyclic esters (lactones) is 1. The van der Waals surface area contributed by atoms with Crippen LogP contribution in [-0.4, -0.2) is 16.7 Å². The van der Waals surface area contributed by atoms with E-state index < -0.39 is 11.5 Å². The summed E-state index contributed by atoms with van der Waals surface area (Å²) in [6.07, 6.45) is 6.67. The lowest BCUT2D eigenvalue weighted by Gasteiger charge is -2.37. The van der Waals surface area contributed by atoms with Gasteiger partial charge in [0.25, 0.3) is 0 Å². The molecule has 2 rings (SSSR count). The average Bonchev–Trinajstić information content (AvgIpc) is 2.52. The maximum atomic E-state index is 12.7. The second kappa shape index (κ2) is 7.32. The highest BCUT2D eigenvalue weighted by atomic mass is 16.6. The van der Waals surface area contributed by atoms with Crippen LogP contribution in [0, 0.1) is 5.92 Å². The van der Waals surface area contributed by atoms with Gasteiger partial charge in [0.1, 0.15) is 17.3 Å². The van der Waals surface area contributed by atoms with Crippen molar-refractivity contribution < 1.29 is 14.6 Å². The lowest BCUT2D eigenvalue weighted by atomic mass is 9.79. The largest absolute Gasteiger partial charge is 0.512 e. The molecule has 1 aliphatic heterocycles. The summed E-state index contributed by atoms with van der Waals surface area (Å²) in [7, 11) is 0. The lowest BCUT2D eigenvalue weighted by molar-refractivity contribution is -0.163. The monoisotopic (exact) mass is 312 g/mol. The Hall–Kier alpha value is -2.29. The molecule has 0 aromatic heterocycles. The van der Waals surface area contributed by atoms with Gasteiger partial charge in [-0.2, -0.15) is 0 Å². The van der Waals surface area contributed by atoms with Gasteiger partial charge >= 0.3 is 5.97 Å². The van der Waals surface area contributed by atoms with Crippen LogP contribution in [0.25, 0.3) is 0 Å². The van der Waals surface area contributed by atoms with Gasteiger partial charge in [-0.15, -0.1) is 13.2 Å². The van der Waals surface area contributed by atoms with Gasteiger partial charge in [-0.3, -0.25) is 4.79 Å². The number of benzene rings is 1. The number of rotatable bonds is 7. The van der Waals surface area contributed by atoms with E-state index in [9.17, 15) is 9.90 Å². The smallest absolute Gasteiger partial charge is 0.318 e. The molecule has 3 nitrogen and oxygen atoms in total. The zero-order valence-electron chi connectivity index (χ0n) is 13.6. The summed E-state index contributed by atoms with van der Waals surface area (Å²) in [4.78, 5) is 12.7. The minimum absolute atomic E-state index is 0.0839. The number of carbonyl (C=O) groups is 1. The van der Waals surface area contributed by atoms with Crippen molar-refractivity contribution in [3.8, 4) is 0 Å². The summed E-state index contributed by atoms with van der Waals surface area (Å²) in [5.41, 5.74) is 0.160. The summed E-state index contributed by atoms with van der Waals surface area (Å²) in [6, 6.07) is 9.76. The van der Waals surface area contributed by atoms with Crippen molar-refractivity contribution in [3.63, 3.8) is 0 Å². The fraction of sp³-hybridized carbons (Fsp3) is 0.350. The van der Waals surface area contributed by atoms with Crippen molar-refractivity contribution in [1.29, 1.82) is 0 Å². The highest BCUT2D eigenvalue weighted by molar-refractivity contribution is 5.78. The van der Waals surface area contributed by atoms with Gasteiger partial charge in [-0.25, -0.2) is 0 Å². The van der Waals surface area contributed by atoms with E-state index in [-0.39, 0.29) is 17.6 Å². The van der Waals surface area contributed by atoms with E-state index in [2.05, 4.69) is 13.2 Å². The molecule has 122 valence electrons. The Labute approximate surface area is 138 Å². The molecular formula is C20H24O3. The first-order chi connectivity index (χ1) is 11.1. The van der Waals surface area contributed by atoms with Crippen molar-refractivity contribution in [2.24, 2.45) is 5.92 Å². The second-order valence-corrected chi connectivity index (χ2v) is 5.94. The van der Waals surface area contributed by atoms with Crippen LogP contribution in [0.1, 0.15) is 37.7 Å². The average molecular weight is 312 g/mol. The van der Waals surface area contributed by atoms with E-state index in [0.29, 0.717) is 12.8 Å². The summed E-state index contributed by atoms with van der Waals surface area (Å²) >= 11 is 0. The predicted octanol–water partition coefficient (Wildman–Crippen LogP) is 4.69. The lowest BCUT2D eigenvalue weighted by Crippen LogP contribution is -2.42. The summed E-state index contributed by atoms with van der Waals surface area (Å²) in [6.45, 7) is 9.43. The highest BCUT2D eigenvalue weighted by Gasteiger charge is 2.43. The fourth-order valence-electron chi connectivity index (χ4n) is 3.28. The van der Waals surface area contributed by atoms with Gasteiger partial charge in [-0.05, 0) is 18.1 Å². The normalized spacial score (nSPS) is 21.0. The van der Waals surface area contributed by atoms with Gasteiger partial charge in [0, 0.05) is 18.8 Å². The topological polar surface area (TPSA) is 46.5 Å². The molecule has 1 aromatic carbocycles. The second-order valence-electron chi connectivity index (χ2n) is 5.94. The maximum Gasteiger partial charge on any atom is 0.318 e. The summed E-state index contributed by atoms with van der Waals surface area (Å²) in [5, 5.41) is 10.6. The Bertz CT molecular complexity index is 591. The summed E-state index contributed by atoms with van der Waals surface area (Å²) in [5.74, 6) is -1.07. The van der Waals surface area contributed by atoms with Gasteiger partial charge in [0.2, 0.25) is 0 Å². The molecule has 0 aliphatic carbocycles. The van der Waals surface area contributed by atoms with Crippen LogP contribution >= 0.6 is 0 Å². The molecule has 0 saturated carbocycles. The van der Waals surface area contributed by atoms with Crippen LogP contribution in [0.2, 0.25) is 0 Å². The van der Waals surface area contributed by atoms with E-state index in [1.165, 1.54) is 0 Å².